The Hall–Kier alpha value is -4.07. The molecule has 0 saturated heterocycles. The van der Waals surface area contributed by atoms with Gasteiger partial charge >= 0.3 is 5.97 Å². The summed E-state index contributed by atoms with van der Waals surface area (Å²) in [5.74, 6) is -0.477. The van der Waals surface area contributed by atoms with Crippen LogP contribution in [0.5, 0.6) is 5.75 Å². The molecule has 1 unspecified atom stereocenters. The average molecular weight is 490 g/mol. The fraction of sp³-hybridized carbons (Fsp3) is 0.286. The summed E-state index contributed by atoms with van der Waals surface area (Å²) in [6, 6.07) is 12.5. The maximum absolute atomic E-state index is 14.4. The van der Waals surface area contributed by atoms with Gasteiger partial charge in [-0.3, -0.25) is 4.79 Å². The number of oxazole rings is 1. The van der Waals surface area contributed by atoms with Gasteiger partial charge in [0.05, 0.1) is 26.1 Å². The van der Waals surface area contributed by atoms with Gasteiger partial charge in [-0.15, -0.1) is 0 Å². The van der Waals surface area contributed by atoms with Crippen LogP contribution < -0.4 is 4.74 Å². The summed E-state index contributed by atoms with van der Waals surface area (Å²) in [6.07, 6.45) is 7.11. The average Bonchev–Trinajstić information content (AvgIpc) is 3.25. The van der Waals surface area contributed by atoms with E-state index in [0.29, 0.717) is 22.9 Å². The van der Waals surface area contributed by atoms with E-state index in [1.54, 1.807) is 19.2 Å². The van der Waals surface area contributed by atoms with Crippen LogP contribution in [-0.4, -0.2) is 34.6 Å². The summed E-state index contributed by atoms with van der Waals surface area (Å²) in [7, 11) is 1.40. The number of hydrogen-bond donors (Lipinski definition) is 0. The molecule has 0 aliphatic carbocycles. The maximum atomic E-state index is 14.4. The third-order valence-electron chi connectivity index (χ3n) is 5.77. The van der Waals surface area contributed by atoms with E-state index in [4.69, 9.17) is 13.9 Å². The highest BCUT2D eigenvalue weighted by atomic mass is 19.1. The molecule has 3 aromatic heterocycles. The third-order valence-corrected chi connectivity index (χ3v) is 5.77. The summed E-state index contributed by atoms with van der Waals surface area (Å²) < 4.78 is 30.5. The molecule has 0 fully saturated rings. The zero-order valence-corrected chi connectivity index (χ0v) is 20.5. The predicted octanol–water partition coefficient (Wildman–Crippen LogP) is 5.81. The lowest BCUT2D eigenvalue weighted by Gasteiger charge is -2.14. The quantitative estimate of drug-likeness (QED) is 0.260. The van der Waals surface area contributed by atoms with Gasteiger partial charge in [-0.25, -0.2) is 19.3 Å². The number of nitrogens with zero attached hydrogens (tertiary/aromatic N) is 3. The molecular formula is C28H28FN3O4. The Morgan fingerprint density at radius 1 is 1.19 bits per heavy atom. The Labute approximate surface area is 209 Å². The lowest BCUT2D eigenvalue weighted by molar-refractivity contribution is -0.143. The number of allylic oxidation sites excluding steroid dienone is 1. The fourth-order valence-electron chi connectivity index (χ4n) is 3.92. The van der Waals surface area contributed by atoms with E-state index >= 15 is 0 Å². The highest BCUT2D eigenvalue weighted by molar-refractivity contribution is 5.74. The molecule has 1 atom stereocenters. The highest BCUT2D eigenvalue weighted by Crippen LogP contribution is 2.32. The van der Waals surface area contributed by atoms with Crippen LogP contribution in [0, 0.1) is 12.7 Å². The Kier molecular flexibility index (Phi) is 8.05. The number of carbonyl (C=O) groups excluding carboxylic acids is 1. The van der Waals surface area contributed by atoms with Gasteiger partial charge < -0.3 is 13.9 Å². The Morgan fingerprint density at radius 2 is 2.06 bits per heavy atom. The van der Waals surface area contributed by atoms with Crippen LogP contribution in [0.25, 0.3) is 17.1 Å². The number of methoxy groups -OCH3 is 1. The van der Waals surface area contributed by atoms with Crippen LogP contribution in [0.3, 0.4) is 0 Å². The summed E-state index contributed by atoms with van der Waals surface area (Å²) in [4.78, 5) is 25.8. The molecule has 0 spiro atoms. The number of benzene rings is 1. The molecule has 0 aliphatic rings. The van der Waals surface area contributed by atoms with Crippen LogP contribution >= 0.6 is 0 Å². The predicted molar refractivity (Wildman–Crippen MR) is 134 cm³/mol. The van der Waals surface area contributed by atoms with Crippen molar-refractivity contribution in [1.82, 2.24) is 15.0 Å². The molecule has 4 rings (SSSR count). The molecule has 0 aliphatic heterocycles. The van der Waals surface area contributed by atoms with E-state index in [1.165, 1.54) is 19.2 Å². The number of rotatable bonds is 10. The van der Waals surface area contributed by atoms with Crippen molar-refractivity contribution in [3.05, 3.63) is 89.2 Å². The van der Waals surface area contributed by atoms with E-state index in [2.05, 4.69) is 15.0 Å². The largest absolute Gasteiger partial charge is 0.494 e. The van der Waals surface area contributed by atoms with Crippen LogP contribution in [0.15, 0.2) is 59.2 Å². The monoisotopic (exact) mass is 489 g/mol. The van der Waals surface area contributed by atoms with Gasteiger partial charge in [0.1, 0.15) is 11.5 Å². The third kappa shape index (κ3) is 5.94. The number of aryl methyl sites for hydroxylation is 2. The first kappa shape index (κ1) is 25.0. The minimum absolute atomic E-state index is 0.0234. The second-order valence-corrected chi connectivity index (χ2v) is 8.24. The van der Waals surface area contributed by atoms with Crippen molar-refractivity contribution >= 4 is 23.1 Å². The number of esters is 1. The van der Waals surface area contributed by atoms with Crippen LogP contribution in [-0.2, 0) is 16.0 Å². The van der Waals surface area contributed by atoms with Gasteiger partial charge in [0.15, 0.2) is 17.2 Å². The molecule has 0 bridgehead atoms. The number of halogens is 1. The lowest BCUT2D eigenvalue weighted by Crippen LogP contribution is -2.12. The Bertz CT molecular complexity index is 1380. The van der Waals surface area contributed by atoms with E-state index in [0.717, 1.165) is 29.6 Å². The summed E-state index contributed by atoms with van der Waals surface area (Å²) in [5.41, 5.74) is 2.90. The molecule has 7 nitrogen and oxygen atoms in total. The molecule has 8 heteroatoms. The summed E-state index contributed by atoms with van der Waals surface area (Å²) >= 11 is 0. The minimum Gasteiger partial charge on any atom is -0.494 e. The van der Waals surface area contributed by atoms with Crippen molar-refractivity contribution in [3.63, 3.8) is 0 Å². The molecule has 3 heterocycles. The molecule has 0 amide bonds. The minimum atomic E-state index is -0.598. The van der Waals surface area contributed by atoms with Gasteiger partial charge in [-0.05, 0) is 74.7 Å². The number of hydrogen-bond acceptors (Lipinski definition) is 7. The zero-order valence-electron chi connectivity index (χ0n) is 20.5. The van der Waals surface area contributed by atoms with Crippen LogP contribution in [0.4, 0.5) is 4.39 Å². The Morgan fingerprint density at radius 3 is 2.83 bits per heavy atom. The van der Waals surface area contributed by atoms with Crippen molar-refractivity contribution in [2.24, 2.45) is 0 Å². The zero-order chi connectivity index (χ0) is 25.5. The first-order valence-electron chi connectivity index (χ1n) is 11.8. The molecule has 186 valence electrons. The molecule has 36 heavy (non-hydrogen) atoms. The lowest BCUT2D eigenvalue weighted by atomic mass is 9.95. The summed E-state index contributed by atoms with van der Waals surface area (Å²) in [5, 5.41) is 1.01. The van der Waals surface area contributed by atoms with Crippen LogP contribution in [0.2, 0.25) is 0 Å². The van der Waals surface area contributed by atoms with Gasteiger partial charge in [-0.2, -0.15) is 0 Å². The van der Waals surface area contributed by atoms with Crippen molar-refractivity contribution in [2.45, 2.75) is 39.0 Å². The molecule has 1 aromatic carbocycles. The first-order valence-corrected chi connectivity index (χ1v) is 11.8. The van der Waals surface area contributed by atoms with Crippen molar-refractivity contribution in [3.8, 4) is 5.75 Å². The second-order valence-electron chi connectivity index (χ2n) is 8.24. The van der Waals surface area contributed by atoms with Crippen LogP contribution in [0.1, 0.15) is 54.3 Å². The number of fused-ring (bicyclic) bond motifs is 1. The molecule has 0 N–H and O–H groups in total. The van der Waals surface area contributed by atoms with E-state index in [9.17, 15) is 9.18 Å². The van der Waals surface area contributed by atoms with Crippen molar-refractivity contribution < 1.29 is 23.1 Å². The second kappa shape index (κ2) is 11.6. The molecule has 0 radical (unpaired) electrons. The maximum Gasteiger partial charge on any atom is 0.306 e. The number of pyridine rings is 2. The molecular weight excluding hydrogens is 461 g/mol. The number of ether oxygens (including phenoxy) is 2. The van der Waals surface area contributed by atoms with E-state index in [-0.39, 0.29) is 18.8 Å². The highest BCUT2D eigenvalue weighted by Gasteiger charge is 2.26. The Balaban J connectivity index is 1.50. The van der Waals surface area contributed by atoms with Crippen molar-refractivity contribution in [2.75, 3.05) is 13.7 Å². The van der Waals surface area contributed by atoms with Gasteiger partial charge in [0.2, 0.25) is 5.89 Å². The normalized spacial score (nSPS) is 12.2. The standard InChI is InChI=1S/C28H28FN3O4/c1-4-35-26(33)17-22(20-12-14-25(34-3)23(29)16-20)28-32-24(18(2)36-28)10-6-5-9-21-13-11-19-8-7-15-30-27(19)31-21/h6-8,10-16,22H,4-5,9,17H2,1-3H3/b10-6+. The van der Waals surface area contributed by atoms with Gasteiger partial charge in [0.25, 0.3) is 0 Å². The topological polar surface area (TPSA) is 87.3 Å². The molecule has 4 aromatic rings. The summed E-state index contributed by atoms with van der Waals surface area (Å²) in [6.45, 7) is 3.80. The number of aromatic nitrogens is 3. The SMILES string of the molecule is CCOC(=O)CC(c1ccc(OC)c(F)c1)c1nc(/C=C/CCc2ccc3cccnc3n2)c(C)o1. The van der Waals surface area contributed by atoms with E-state index in [1.807, 2.05) is 43.3 Å². The van der Waals surface area contributed by atoms with E-state index < -0.39 is 17.7 Å². The van der Waals surface area contributed by atoms with Crippen molar-refractivity contribution in [1.29, 1.82) is 0 Å². The fourth-order valence-corrected chi connectivity index (χ4v) is 3.92. The van der Waals surface area contributed by atoms with Gasteiger partial charge in [0, 0.05) is 17.3 Å². The number of carbonyl (C=O) groups is 1. The smallest absolute Gasteiger partial charge is 0.306 e. The molecule has 0 saturated carbocycles. The van der Waals surface area contributed by atoms with Gasteiger partial charge in [-0.1, -0.05) is 12.1 Å². The first-order chi connectivity index (χ1) is 17.5.